The molecular weight excluding hydrogens is 242 g/mol. The minimum Gasteiger partial charge on any atom is -0.344 e. The van der Waals surface area contributed by atoms with Crippen molar-refractivity contribution in [3.63, 3.8) is 0 Å². The zero-order chi connectivity index (χ0) is 14.7. The largest absolute Gasteiger partial charge is 0.344 e. The lowest BCUT2D eigenvalue weighted by molar-refractivity contribution is 1.12. The fourth-order valence-electron chi connectivity index (χ4n) is 2.54. The molecule has 0 aliphatic rings. The van der Waals surface area contributed by atoms with E-state index in [-0.39, 0.29) is 0 Å². The molecule has 0 atom stereocenters. The molecular formula is C19H23N. The summed E-state index contributed by atoms with van der Waals surface area (Å²) in [5.74, 6) is 0. The molecule has 0 aromatic heterocycles. The summed E-state index contributed by atoms with van der Waals surface area (Å²) < 4.78 is 0. The van der Waals surface area contributed by atoms with Crippen LogP contribution >= 0.6 is 0 Å². The molecule has 2 aromatic carbocycles. The molecule has 0 saturated heterocycles. The molecule has 0 heterocycles. The van der Waals surface area contributed by atoms with Crippen LogP contribution in [0.25, 0.3) is 0 Å². The van der Waals surface area contributed by atoms with Crippen LogP contribution in [0.1, 0.15) is 23.6 Å². The van der Waals surface area contributed by atoms with Gasteiger partial charge in [-0.2, -0.15) is 0 Å². The third-order valence-electron chi connectivity index (χ3n) is 3.62. The molecule has 0 amide bonds. The van der Waals surface area contributed by atoms with Crippen LogP contribution in [-0.2, 0) is 6.42 Å². The molecule has 0 radical (unpaired) electrons. The van der Waals surface area contributed by atoms with E-state index in [1.54, 1.807) is 0 Å². The predicted octanol–water partition coefficient (Wildman–Crippen LogP) is 5.19. The number of nitrogens with zero attached hydrogens (tertiary/aromatic N) is 1. The molecule has 0 spiro atoms. The van der Waals surface area contributed by atoms with Crippen LogP contribution in [0.3, 0.4) is 0 Å². The van der Waals surface area contributed by atoms with E-state index in [4.69, 9.17) is 0 Å². The monoisotopic (exact) mass is 265 g/mol. The minimum atomic E-state index is 0.939. The van der Waals surface area contributed by atoms with Crippen LogP contribution in [0.5, 0.6) is 0 Å². The Morgan fingerprint density at radius 2 is 1.65 bits per heavy atom. The van der Waals surface area contributed by atoms with Gasteiger partial charge in [-0.1, -0.05) is 42.5 Å². The summed E-state index contributed by atoms with van der Waals surface area (Å²) in [5, 5.41) is 0. The van der Waals surface area contributed by atoms with E-state index in [0.717, 1.165) is 6.42 Å². The molecule has 2 rings (SSSR count). The van der Waals surface area contributed by atoms with E-state index >= 15 is 0 Å². The second-order valence-electron chi connectivity index (χ2n) is 5.60. The lowest BCUT2D eigenvalue weighted by Crippen LogP contribution is -2.12. The van der Waals surface area contributed by atoms with Gasteiger partial charge in [0.2, 0.25) is 0 Å². The zero-order valence-electron chi connectivity index (χ0n) is 12.9. The summed E-state index contributed by atoms with van der Waals surface area (Å²) in [6, 6.07) is 15.2. The quantitative estimate of drug-likeness (QED) is 0.688. The molecule has 1 heteroatoms. The number of rotatable bonds is 4. The normalized spacial score (nSPS) is 10.4. The van der Waals surface area contributed by atoms with E-state index in [1.165, 1.54) is 33.6 Å². The molecule has 0 aliphatic heterocycles. The van der Waals surface area contributed by atoms with Crippen molar-refractivity contribution >= 4 is 11.4 Å². The highest BCUT2D eigenvalue weighted by molar-refractivity contribution is 5.68. The first kappa shape index (κ1) is 14.4. The van der Waals surface area contributed by atoms with Crippen molar-refractivity contribution in [3.8, 4) is 0 Å². The van der Waals surface area contributed by atoms with Crippen molar-refractivity contribution in [2.45, 2.75) is 27.2 Å². The Kier molecular flexibility index (Phi) is 4.29. The maximum Gasteiger partial charge on any atom is 0.0440 e. The Bertz CT molecular complexity index is 625. The maximum absolute atomic E-state index is 4.01. The van der Waals surface area contributed by atoms with Gasteiger partial charge in [0, 0.05) is 18.4 Å². The van der Waals surface area contributed by atoms with Gasteiger partial charge >= 0.3 is 0 Å². The van der Waals surface area contributed by atoms with Crippen molar-refractivity contribution in [2.24, 2.45) is 0 Å². The van der Waals surface area contributed by atoms with Crippen LogP contribution < -0.4 is 4.90 Å². The van der Waals surface area contributed by atoms with Crippen LogP contribution in [0.2, 0.25) is 0 Å². The number of para-hydroxylation sites is 1. The second-order valence-corrected chi connectivity index (χ2v) is 5.60. The van der Waals surface area contributed by atoms with Gasteiger partial charge in [0.25, 0.3) is 0 Å². The molecule has 1 nitrogen and oxygen atoms in total. The van der Waals surface area contributed by atoms with E-state index < -0.39 is 0 Å². The number of hydrogen-bond donors (Lipinski definition) is 0. The van der Waals surface area contributed by atoms with Crippen molar-refractivity contribution < 1.29 is 0 Å². The van der Waals surface area contributed by atoms with Gasteiger partial charge in [-0.3, -0.25) is 0 Å². The summed E-state index contributed by atoms with van der Waals surface area (Å²) in [7, 11) is 2.13. The fraction of sp³-hybridized carbons (Fsp3) is 0.263. The average molecular weight is 265 g/mol. The Morgan fingerprint density at radius 1 is 1.00 bits per heavy atom. The van der Waals surface area contributed by atoms with Crippen LogP contribution in [-0.4, -0.2) is 7.05 Å². The van der Waals surface area contributed by atoms with Gasteiger partial charge in [0.15, 0.2) is 0 Å². The molecule has 104 valence electrons. The number of benzene rings is 2. The molecule has 20 heavy (non-hydrogen) atoms. The Balaban J connectivity index is 2.41. The smallest absolute Gasteiger partial charge is 0.0440 e. The Hall–Kier alpha value is -2.02. The number of aryl methyl sites for hydroxylation is 2. The van der Waals surface area contributed by atoms with Gasteiger partial charge in [-0.25, -0.2) is 0 Å². The van der Waals surface area contributed by atoms with E-state index in [0.29, 0.717) is 0 Å². The third kappa shape index (κ3) is 3.11. The van der Waals surface area contributed by atoms with Gasteiger partial charge in [0.05, 0.1) is 0 Å². The highest BCUT2D eigenvalue weighted by Gasteiger charge is 2.10. The summed E-state index contributed by atoms with van der Waals surface area (Å²) >= 11 is 0. The highest BCUT2D eigenvalue weighted by atomic mass is 15.1. The SMILES string of the molecule is C=C(C)Cc1ccc(C)c(N(C)c2ccccc2C)c1. The van der Waals surface area contributed by atoms with Crippen molar-refractivity contribution in [1.82, 2.24) is 0 Å². The van der Waals surface area contributed by atoms with Crippen molar-refractivity contribution in [2.75, 3.05) is 11.9 Å². The number of anilines is 2. The average Bonchev–Trinajstić information content (AvgIpc) is 2.40. The zero-order valence-corrected chi connectivity index (χ0v) is 12.9. The summed E-state index contributed by atoms with van der Waals surface area (Å²) in [6.07, 6.45) is 0.939. The summed E-state index contributed by atoms with van der Waals surface area (Å²) in [6.45, 7) is 10.4. The standard InChI is InChI=1S/C19H23N/c1-14(2)12-17-11-10-16(4)19(13-17)20(5)18-9-7-6-8-15(18)3/h6-11,13H,1,12H2,2-5H3. The first-order chi connectivity index (χ1) is 9.49. The van der Waals surface area contributed by atoms with Gasteiger partial charge in [-0.05, 0) is 56.0 Å². The molecule has 0 saturated carbocycles. The molecule has 0 fully saturated rings. The van der Waals surface area contributed by atoms with Crippen molar-refractivity contribution in [3.05, 3.63) is 71.3 Å². The van der Waals surface area contributed by atoms with Gasteiger partial charge in [0.1, 0.15) is 0 Å². The van der Waals surface area contributed by atoms with E-state index in [1.807, 2.05) is 0 Å². The van der Waals surface area contributed by atoms with Crippen LogP contribution in [0.4, 0.5) is 11.4 Å². The summed E-state index contributed by atoms with van der Waals surface area (Å²) in [4.78, 5) is 2.27. The third-order valence-corrected chi connectivity index (χ3v) is 3.62. The minimum absolute atomic E-state index is 0.939. The van der Waals surface area contributed by atoms with Gasteiger partial charge in [-0.15, -0.1) is 0 Å². The van der Waals surface area contributed by atoms with Crippen LogP contribution in [0, 0.1) is 13.8 Å². The Morgan fingerprint density at radius 3 is 2.30 bits per heavy atom. The maximum atomic E-state index is 4.01. The molecule has 0 N–H and O–H groups in total. The predicted molar refractivity (Wildman–Crippen MR) is 88.9 cm³/mol. The molecule has 2 aromatic rings. The van der Waals surface area contributed by atoms with Crippen molar-refractivity contribution in [1.29, 1.82) is 0 Å². The van der Waals surface area contributed by atoms with Gasteiger partial charge < -0.3 is 4.90 Å². The second kappa shape index (κ2) is 5.96. The number of hydrogen-bond acceptors (Lipinski definition) is 1. The number of allylic oxidation sites excluding steroid dienone is 1. The van der Waals surface area contributed by atoms with Crippen LogP contribution in [0.15, 0.2) is 54.6 Å². The fourth-order valence-corrected chi connectivity index (χ4v) is 2.54. The lowest BCUT2D eigenvalue weighted by atomic mass is 10.0. The van der Waals surface area contributed by atoms with E-state index in [2.05, 4.69) is 81.8 Å². The Labute approximate surface area is 122 Å². The first-order valence-electron chi connectivity index (χ1n) is 7.02. The first-order valence-corrected chi connectivity index (χ1v) is 7.02. The highest BCUT2D eigenvalue weighted by Crippen LogP contribution is 2.30. The van der Waals surface area contributed by atoms with E-state index in [9.17, 15) is 0 Å². The summed E-state index contributed by atoms with van der Waals surface area (Å²) in [5.41, 5.74) is 7.61. The lowest BCUT2D eigenvalue weighted by Gasteiger charge is -2.24. The molecule has 0 bridgehead atoms. The molecule has 0 unspecified atom stereocenters. The molecule has 0 aliphatic carbocycles. The topological polar surface area (TPSA) is 3.24 Å².